The fraction of sp³-hybridized carbons (Fsp3) is 0.704. The van der Waals surface area contributed by atoms with Crippen molar-refractivity contribution in [2.75, 3.05) is 32.8 Å². The molecule has 1 spiro atoms. The van der Waals surface area contributed by atoms with Crippen LogP contribution in [-0.4, -0.2) is 55.6 Å². The standard InChI is InChI=1S/C27H43N3O3/c1-21(2)19-24-25(31)28-14-8-18-33-17-7-6-11-27(26(32)29-24)12-15-30(16-13-27)20-23-10-5-4-9-22(23)3/h4-5,9-10,21,24H,6-8,11-20H2,1-3H3,(H,28,31)(H,29,32)/t24-/m0/s1. The van der Waals surface area contributed by atoms with Crippen LogP contribution in [0.1, 0.15) is 69.9 Å². The van der Waals surface area contributed by atoms with Gasteiger partial charge in [-0.15, -0.1) is 0 Å². The molecule has 0 unspecified atom stereocenters. The summed E-state index contributed by atoms with van der Waals surface area (Å²) in [5.74, 6) is 0.327. The van der Waals surface area contributed by atoms with Crippen molar-refractivity contribution in [2.45, 2.75) is 78.3 Å². The average molecular weight is 458 g/mol. The minimum Gasteiger partial charge on any atom is -0.381 e. The first-order valence-electron chi connectivity index (χ1n) is 12.8. The van der Waals surface area contributed by atoms with Crippen molar-refractivity contribution in [2.24, 2.45) is 11.3 Å². The Morgan fingerprint density at radius 2 is 1.79 bits per heavy atom. The Hall–Kier alpha value is -1.92. The lowest BCUT2D eigenvalue weighted by atomic mass is 9.73. The van der Waals surface area contributed by atoms with E-state index in [4.69, 9.17) is 4.74 Å². The van der Waals surface area contributed by atoms with Crippen molar-refractivity contribution < 1.29 is 14.3 Å². The van der Waals surface area contributed by atoms with E-state index in [0.717, 1.165) is 64.8 Å². The Labute approximate surface area is 199 Å². The maximum atomic E-state index is 13.7. The molecule has 2 saturated heterocycles. The van der Waals surface area contributed by atoms with Gasteiger partial charge in [-0.3, -0.25) is 14.5 Å². The van der Waals surface area contributed by atoms with Crippen molar-refractivity contribution in [3.05, 3.63) is 35.4 Å². The molecule has 0 radical (unpaired) electrons. The third-order valence-corrected chi connectivity index (χ3v) is 7.24. The number of likely N-dealkylation sites (tertiary alicyclic amines) is 1. The highest BCUT2D eigenvalue weighted by atomic mass is 16.5. The first-order valence-corrected chi connectivity index (χ1v) is 12.8. The first kappa shape index (κ1) is 25.7. The highest BCUT2D eigenvalue weighted by molar-refractivity contribution is 5.90. The van der Waals surface area contributed by atoms with Crippen LogP contribution in [0.15, 0.2) is 24.3 Å². The average Bonchev–Trinajstić information content (AvgIpc) is 2.79. The second-order valence-electron chi connectivity index (χ2n) is 10.4. The van der Waals surface area contributed by atoms with Crippen LogP contribution in [0.25, 0.3) is 0 Å². The first-order chi connectivity index (χ1) is 15.9. The smallest absolute Gasteiger partial charge is 0.242 e. The number of hydrogen-bond acceptors (Lipinski definition) is 4. The zero-order chi connectivity index (χ0) is 23.7. The summed E-state index contributed by atoms with van der Waals surface area (Å²) in [6, 6.07) is 8.07. The van der Waals surface area contributed by atoms with Gasteiger partial charge in [0.2, 0.25) is 11.8 Å². The van der Waals surface area contributed by atoms with Crippen molar-refractivity contribution in [1.29, 1.82) is 0 Å². The maximum absolute atomic E-state index is 13.7. The molecule has 0 bridgehead atoms. The van der Waals surface area contributed by atoms with E-state index >= 15 is 0 Å². The fourth-order valence-corrected chi connectivity index (χ4v) is 5.05. The number of carbonyl (C=O) groups excluding carboxylic acids is 2. The number of amides is 2. The Balaban J connectivity index is 1.70. The molecular formula is C27H43N3O3. The molecule has 2 fully saturated rings. The lowest BCUT2D eigenvalue weighted by Gasteiger charge is -2.41. The van der Waals surface area contributed by atoms with Gasteiger partial charge in [0, 0.05) is 26.3 Å². The van der Waals surface area contributed by atoms with E-state index < -0.39 is 11.5 Å². The molecule has 2 amide bonds. The van der Waals surface area contributed by atoms with Crippen LogP contribution in [0.4, 0.5) is 0 Å². The molecule has 1 aromatic rings. The van der Waals surface area contributed by atoms with Gasteiger partial charge >= 0.3 is 0 Å². The molecule has 1 atom stereocenters. The summed E-state index contributed by atoms with van der Waals surface area (Å²) in [5.41, 5.74) is 2.27. The predicted molar refractivity (Wildman–Crippen MR) is 132 cm³/mol. The Kier molecular flexibility index (Phi) is 9.75. The van der Waals surface area contributed by atoms with Gasteiger partial charge in [0.15, 0.2) is 0 Å². The highest BCUT2D eigenvalue weighted by Crippen LogP contribution is 2.38. The van der Waals surface area contributed by atoms with Crippen LogP contribution >= 0.6 is 0 Å². The number of nitrogens with one attached hydrogen (secondary N) is 2. The molecule has 2 heterocycles. The number of piperidine rings is 1. The van der Waals surface area contributed by atoms with Crippen LogP contribution in [0.5, 0.6) is 0 Å². The third-order valence-electron chi connectivity index (χ3n) is 7.24. The quantitative estimate of drug-likeness (QED) is 0.721. The number of benzene rings is 1. The summed E-state index contributed by atoms with van der Waals surface area (Å²) in [4.78, 5) is 29.0. The third kappa shape index (κ3) is 7.54. The molecule has 33 heavy (non-hydrogen) atoms. The summed E-state index contributed by atoms with van der Waals surface area (Å²) in [6.45, 7) is 11.1. The molecule has 3 rings (SSSR count). The van der Waals surface area contributed by atoms with E-state index in [9.17, 15) is 9.59 Å². The van der Waals surface area contributed by atoms with Gasteiger partial charge < -0.3 is 15.4 Å². The second-order valence-corrected chi connectivity index (χ2v) is 10.4. The Morgan fingerprint density at radius 3 is 2.52 bits per heavy atom. The van der Waals surface area contributed by atoms with Crippen LogP contribution in [-0.2, 0) is 20.9 Å². The van der Waals surface area contributed by atoms with Crippen molar-refractivity contribution in [3.8, 4) is 0 Å². The molecular weight excluding hydrogens is 414 g/mol. The summed E-state index contributed by atoms with van der Waals surface area (Å²) in [6.07, 6.45) is 5.94. The maximum Gasteiger partial charge on any atom is 0.242 e. The molecule has 0 aliphatic carbocycles. The molecule has 1 aromatic carbocycles. The van der Waals surface area contributed by atoms with Crippen LogP contribution in [0.2, 0.25) is 0 Å². The van der Waals surface area contributed by atoms with E-state index in [2.05, 4.69) is 60.6 Å². The van der Waals surface area contributed by atoms with E-state index in [-0.39, 0.29) is 11.8 Å². The number of rotatable bonds is 4. The van der Waals surface area contributed by atoms with Crippen molar-refractivity contribution in [3.63, 3.8) is 0 Å². The van der Waals surface area contributed by atoms with Crippen LogP contribution in [0.3, 0.4) is 0 Å². The minimum atomic E-state index is -0.469. The van der Waals surface area contributed by atoms with Crippen LogP contribution < -0.4 is 10.6 Å². The van der Waals surface area contributed by atoms with Gasteiger partial charge in [0.25, 0.3) is 0 Å². The Morgan fingerprint density at radius 1 is 1.06 bits per heavy atom. The van der Waals surface area contributed by atoms with Gasteiger partial charge in [-0.25, -0.2) is 0 Å². The minimum absolute atomic E-state index is 0.0665. The van der Waals surface area contributed by atoms with E-state index in [0.29, 0.717) is 25.5 Å². The van der Waals surface area contributed by atoms with E-state index in [1.807, 2.05) is 0 Å². The molecule has 6 heteroatoms. The molecule has 0 saturated carbocycles. The molecule has 184 valence electrons. The lowest BCUT2D eigenvalue weighted by molar-refractivity contribution is -0.138. The van der Waals surface area contributed by atoms with Gasteiger partial charge in [0.05, 0.1) is 5.41 Å². The van der Waals surface area contributed by atoms with E-state index in [1.54, 1.807) is 0 Å². The highest BCUT2D eigenvalue weighted by Gasteiger charge is 2.42. The van der Waals surface area contributed by atoms with Crippen molar-refractivity contribution >= 4 is 11.8 Å². The predicted octanol–water partition coefficient (Wildman–Crippen LogP) is 3.81. The number of ether oxygens (including phenoxy) is 1. The monoisotopic (exact) mass is 457 g/mol. The summed E-state index contributed by atoms with van der Waals surface area (Å²) in [7, 11) is 0. The SMILES string of the molecule is Cc1ccccc1CN1CCC2(CCCCOCCCNC(=O)[C@H](CC(C)C)NC2=O)CC1. The summed E-state index contributed by atoms with van der Waals surface area (Å²) in [5, 5.41) is 6.19. The van der Waals surface area contributed by atoms with Gasteiger partial charge in [0.1, 0.15) is 6.04 Å². The number of aryl methyl sites for hydroxylation is 1. The van der Waals surface area contributed by atoms with Gasteiger partial charge in [-0.2, -0.15) is 0 Å². The molecule has 2 aliphatic rings. The molecule has 2 N–H and O–H groups in total. The van der Waals surface area contributed by atoms with E-state index in [1.165, 1.54) is 11.1 Å². The number of hydrogen-bond donors (Lipinski definition) is 2. The molecule has 0 aromatic heterocycles. The zero-order valence-electron chi connectivity index (χ0n) is 20.8. The van der Waals surface area contributed by atoms with Crippen molar-refractivity contribution in [1.82, 2.24) is 15.5 Å². The second kappa shape index (κ2) is 12.5. The zero-order valence-corrected chi connectivity index (χ0v) is 20.8. The van der Waals surface area contributed by atoms with Gasteiger partial charge in [-0.05, 0) is 75.6 Å². The molecule has 2 aliphatic heterocycles. The topological polar surface area (TPSA) is 70.7 Å². The molecule has 6 nitrogen and oxygen atoms in total. The largest absolute Gasteiger partial charge is 0.381 e. The fourth-order valence-electron chi connectivity index (χ4n) is 5.05. The summed E-state index contributed by atoms with van der Waals surface area (Å²) >= 11 is 0. The normalized spacial score (nSPS) is 23.7. The lowest BCUT2D eigenvalue weighted by Crippen LogP contribution is -2.55. The summed E-state index contributed by atoms with van der Waals surface area (Å²) < 4.78 is 5.74. The Bertz CT molecular complexity index is 772. The number of carbonyl (C=O) groups is 2. The van der Waals surface area contributed by atoms with Crippen LogP contribution in [0, 0.1) is 18.3 Å². The van der Waals surface area contributed by atoms with Gasteiger partial charge in [-0.1, -0.05) is 44.5 Å². The number of nitrogens with zero attached hydrogens (tertiary/aromatic N) is 1.